The molecule has 23 heavy (non-hydrogen) atoms. The summed E-state index contributed by atoms with van der Waals surface area (Å²) in [7, 11) is 0. The van der Waals surface area contributed by atoms with Crippen LogP contribution in [0.25, 0.3) is 0 Å². The van der Waals surface area contributed by atoms with Gasteiger partial charge >= 0.3 is 6.03 Å². The van der Waals surface area contributed by atoms with Gasteiger partial charge in [0.2, 0.25) is 5.91 Å². The number of likely N-dealkylation sites (tertiary alicyclic amines) is 1. The van der Waals surface area contributed by atoms with E-state index in [-0.39, 0.29) is 24.1 Å². The van der Waals surface area contributed by atoms with E-state index >= 15 is 0 Å². The summed E-state index contributed by atoms with van der Waals surface area (Å²) in [5, 5.41) is 5.84. The molecular formula is C17H23N3O3. The molecular weight excluding hydrogens is 294 g/mol. The minimum Gasteiger partial charge on any atom is -0.488 e. The van der Waals surface area contributed by atoms with E-state index < -0.39 is 0 Å². The van der Waals surface area contributed by atoms with Gasteiger partial charge in [0, 0.05) is 32.5 Å². The van der Waals surface area contributed by atoms with E-state index in [0.29, 0.717) is 13.1 Å². The number of carbonyl (C=O) groups excluding carboxylic acids is 2. The topological polar surface area (TPSA) is 70.7 Å². The van der Waals surface area contributed by atoms with E-state index in [4.69, 9.17) is 4.74 Å². The molecule has 0 bridgehead atoms. The number of benzene rings is 1. The quantitative estimate of drug-likeness (QED) is 0.883. The van der Waals surface area contributed by atoms with Gasteiger partial charge in [-0.1, -0.05) is 18.2 Å². The SMILES string of the molecule is CC(=O)NC1CCCN(C(=O)NCC2Cc3ccccc3O2)C1. The Kier molecular flexibility index (Phi) is 4.69. The standard InChI is InChI=1S/C17H23N3O3/c1-12(21)19-14-6-4-8-20(11-14)17(22)18-10-15-9-13-5-2-3-7-16(13)23-15/h2-3,5,7,14-15H,4,6,8-11H2,1H3,(H,18,22)(H,19,21). The normalized spacial score (nSPS) is 22.9. The highest BCUT2D eigenvalue weighted by Gasteiger charge is 2.26. The van der Waals surface area contributed by atoms with Crippen molar-refractivity contribution < 1.29 is 14.3 Å². The molecule has 124 valence electrons. The summed E-state index contributed by atoms with van der Waals surface area (Å²) < 4.78 is 5.83. The summed E-state index contributed by atoms with van der Waals surface area (Å²) in [6.45, 7) is 3.30. The van der Waals surface area contributed by atoms with Crippen molar-refractivity contribution in [2.24, 2.45) is 0 Å². The third-order valence-corrected chi connectivity index (χ3v) is 4.31. The Morgan fingerprint density at radius 2 is 2.17 bits per heavy atom. The minimum atomic E-state index is -0.0837. The largest absolute Gasteiger partial charge is 0.488 e. The van der Waals surface area contributed by atoms with Gasteiger partial charge in [0.25, 0.3) is 0 Å². The van der Waals surface area contributed by atoms with Crippen molar-refractivity contribution >= 4 is 11.9 Å². The van der Waals surface area contributed by atoms with Crippen LogP contribution in [-0.2, 0) is 11.2 Å². The highest BCUT2D eigenvalue weighted by molar-refractivity contribution is 5.75. The number of piperidine rings is 1. The molecule has 6 nitrogen and oxygen atoms in total. The lowest BCUT2D eigenvalue weighted by Crippen LogP contribution is -2.52. The number of hydrogen-bond acceptors (Lipinski definition) is 3. The average Bonchev–Trinajstić information content (AvgIpc) is 2.95. The molecule has 1 aromatic carbocycles. The second-order valence-corrected chi connectivity index (χ2v) is 6.22. The van der Waals surface area contributed by atoms with Gasteiger partial charge in [-0.25, -0.2) is 4.79 Å². The lowest BCUT2D eigenvalue weighted by molar-refractivity contribution is -0.119. The van der Waals surface area contributed by atoms with E-state index in [1.54, 1.807) is 4.90 Å². The molecule has 2 heterocycles. The highest BCUT2D eigenvalue weighted by Crippen LogP contribution is 2.27. The second kappa shape index (κ2) is 6.89. The summed E-state index contributed by atoms with van der Waals surface area (Å²) in [5.74, 6) is 0.866. The van der Waals surface area contributed by atoms with Crippen molar-refractivity contribution in [1.82, 2.24) is 15.5 Å². The molecule has 1 fully saturated rings. The van der Waals surface area contributed by atoms with Gasteiger partial charge in [-0.3, -0.25) is 4.79 Å². The molecule has 3 rings (SSSR count). The number of urea groups is 1. The van der Waals surface area contributed by atoms with Crippen LogP contribution in [-0.4, -0.2) is 48.6 Å². The molecule has 1 saturated heterocycles. The van der Waals surface area contributed by atoms with E-state index in [1.807, 2.05) is 18.2 Å². The molecule has 2 atom stereocenters. The molecule has 0 saturated carbocycles. The Bertz CT molecular complexity index is 565. The van der Waals surface area contributed by atoms with Crippen LogP contribution in [0.15, 0.2) is 24.3 Å². The molecule has 2 aliphatic rings. The summed E-state index contributed by atoms with van der Waals surface area (Å²) in [5.41, 5.74) is 1.19. The van der Waals surface area contributed by atoms with E-state index in [9.17, 15) is 9.59 Å². The van der Waals surface area contributed by atoms with Crippen molar-refractivity contribution in [1.29, 1.82) is 0 Å². The number of amides is 3. The van der Waals surface area contributed by atoms with E-state index in [1.165, 1.54) is 12.5 Å². The first kappa shape index (κ1) is 15.6. The Morgan fingerprint density at radius 3 is 2.96 bits per heavy atom. The summed E-state index contributed by atoms with van der Waals surface area (Å²) in [4.78, 5) is 25.2. The van der Waals surface area contributed by atoms with Crippen LogP contribution in [0.4, 0.5) is 4.79 Å². The highest BCUT2D eigenvalue weighted by atomic mass is 16.5. The smallest absolute Gasteiger partial charge is 0.317 e. The number of ether oxygens (including phenoxy) is 1. The number of fused-ring (bicyclic) bond motifs is 1. The van der Waals surface area contributed by atoms with Crippen LogP contribution in [0, 0.1) is 0 Å². The van der Waals surface area contributed by atoms with Gasteiger partial charge in [0.05, 0.1) is 6.54 Å². The predicted molar refractivity (Wildman–Crippen MR) is 86.4 cm³/mol. The fourth-order valence-electron chi connectivity index (χ4n) is 3.25. The van der Waals surface area contributed by atoms with Gasteiger partial charge in [0.15, 0.2) is 0 Å². The first-order chi connectivity index (χ1) is 11.1. The number of nitrogens with zero attached hydrogens (tertiary/aromatic N) is 1. The maximum Gasteiger partial charge on any atom is 0.317 e. The Balaban J connectivity index is 1.46. The number of rotatable bonds is 3. The van der Waals surface area contributed by atoms with E-state index in [2.05, 4.69) is 16.7 Å². The third-order valence-electron chi connectivity index (χ3n) is 4.31. The van der Waals surface area contributed by atoms with Crippen LogP contribution >= 0.6 is 0 Å². The fraction of sp³-hybridized carbons (Fsp3) is 0.529. The zero-order valence-electron chi connectivity index (χ0n) is 13.4. The van der Waals surface area contributed by atoms with E-state index in [0.717, 1.165) is 31.6 Å². The number of carbonyl (C=O) groups is 2. The summed E-state index contributed by atoms with van der Waals surface area (Å²) in [6.07, 6.45) is 2.64. The van der Waals surface area contributed by atoms with Gasteiger partial charge in [-0.05, 0) is 24.5 Å². The van der Waals surface area contributed by atoms with Crippen molar-refractivity contribution in [2.75, 3.05) is 19.6 Å². The molecule has 0 radical (unpaired) electrons. The van der Waals surface area contributed by atoms with Gasteiger partial charge in [0.1, 0.15) is 11.9 Å². The zero-order valence-corrected chi connectivity index (χ0v) is 13.4. The molecule has 0 aromatic heterocycles. The van der Waals surface area contributed by atoms with Crippen LogP contribution in [0.1, 0.15) is 25.3 Å². The van der Waals surface area contributed by atoms with Gasteiger partial charge in [-0.2, -0.15) is 0 Å². The van der Waals surface area contributed by atoms with Crippen LogP contribution in [0.3, 0.4) is 0 Å². The lowest BCUT2D eigenvalue weighted by Gasteiger charge is -2.33. The zero-order chi connectivity index (χ0) is 16.2. The number of para-hydroxylation sites is 1. The molecule has 2 unspecified atom stereocenters. The fourth-order valence-corrected chi connectivity index (χ4v) is 3.25. The number of nitrogens with one attached hydrogen (secondary N) is 2. The average molecular weight is 317 g/mol. The summed E-state index contributed by atoms with van der Waals surface area (Å²) in [6, 6.07) is 7.94. The lowest BCUT2D eigenvalue weighted by atomic mass is 10.1. The summed E-state index contributed by atoms with van der Waals surface area (Å²) >= 11 is 0. The monoisotopic (exact) mass is 317 g/mol. The van der Waals surface area contributed by atoms with Gasteiger partial charge in [-0.15, -0.1) is 0 Å². The molecule has 0 aliphatic carbocycles. The van der Waals surface area contributed by atoms with Crippen LogP contribution < -0.4 is 15.4 Å². The Hall–Kier alpha value is -2.24. The Labute approximate surface area is 136 Å². The maximum atomic E-state index is 12.3. The minimum absolute atomic E-state index is 0.00715. The molecule has 0 spiro atoms. The Morgan fingerprint density at radius 1 is 1.35 bits per heavy atom. The second-order valence-electron chi connectivity index (χ2n) is 6.22. The number of hydrogen-bond donors (Lipinski definition) is 2. The van der Waals surface area contributed by atoms with Crippen molar-refractivity contribution in [3.63, 3.8) is 0 Å². The third kappa shape index (κ3) is 3.94. The maximum absolute atomic E-state index is 12.3. The molecule has 2 aliphatic heterocycles. The molecule has 6 heteroatoms. The molecule has 3 amide bonds. The van der Waals surface area contributed by atoms with Crippen molar-refractivity contribution in [3.05, 3.63) is 29.8 Å². The van der Waals surface area contributed by atoms with Gasteiger partial charge < -0.3 is 20.3 Å². The molecule has 2 N–H and O–H groups in total. The van der Waals surface area contributed by atoms with Crippen LogP contribution in [0.5, 0.6) is 5.75 Å². The van der Waals surface area contributed by atoms with Crippen LogP contribution in [0.2, 0.25) is 0 Å². The molecule has 1 aromatic rings. The first-order valence-electron chi connectivity index (χ1n) is 8.16. The first-order valence-corrected chi connectivity index (χ1v) is 8.16. The van der Waals surface area contributed by atoms with Crippen molar-refractivity contribution in [2.45, 2.75) is 38.3 Å². The predicted octanol–water partition coefficient (Wildman–Crippen LogP) is 1.30. The van der Waals surface area contributed by atoms with Crippen molar-refractivity contribution in [3.8, 4) is 5.75 Å².